The Balaban J connectivity index is 1.54. The van der Waals surface area contributed by atoms with Gasteiger partial charge in [-0.2, -0.15) is 0 Å². The lowest BCUT2D eigenvalue weighted by Crippen LogP contribution is -2.22. The van der Waals surface area contributed by atoms with Gasteiger partial charge in [-0.3, -0.25) is 9.79 Å². The molecule has 3 aliphatic rings. The molecule has 0 saturated carbocycles. The molecular formula is C20H21NO3. The van der Waals surface area contributed by atoms with Crippen LogP contribution in [0, 0.1) is 5.92 Å². The second-order valence-electron chi connectivity index (χ2n) is 6.57. The fraction of sp³-hybridized carbons (Fsp3) is 0.400. The van der Waals surface area contributed by atoms with Crippen molar-refractivity contribution in [3.63, 3.8) is 0 Å². The zero-order valence-corrected chi connectivity index (χ0v) is 13.9. The molecule has 0 spiro atoms. The fourth-order valence-corrected chi connectivity index (χ4v) is 3.68. The summed E-state index contributed by atoms with van der Waals surface area (Å²) in [6.07, 6.45) is 7.37. The largest absolute Gasteiger partial charge is 0.497 e. The number of Topliss-reactive ketones (excluding diaryl/α,β-unsaturated/α-hetero) is 1. The van der Waals surface area contributed by atoms with Gasteiger partial charge in [0.15, 0.2) is 5.78 Å². The van der Waals surface area contributed by atoms with Crippen LogP contribution in [0.2, 0.25) is 0 Å². The smallest absolute Gasteiger partial charge is 0.167 e. The Kier molecular flexibility index (Phi) is 4.07. The molecule has 1 fully saturated rings. The summed E-state index contributed by atoms with van der Waals surface area (Å²) in [5.74, 6) is 1.49. The van der Waals surface area contributed by atoms with Crippen molar-refractivity contribution < 1.29 is 14.3 Å². The summed E-state index contributed by atoms with van der Waals surface area (Å²) in [4.78, 5) is 17.0. The molecule has 0 amide bonds. The third-order valence-corrected chi connectivity index (χ3v) is 5.06. The monoisotopic (exact) mass is 323 g/mol. The number of fused-ring (bicyclic) bond motifs is 1. The van der Waals surface area contributed by atoms with Crippen LogP contribution >= 0.6 is 0 Å². The number of methoxy groups -OCH3 is 1. The van der Waals surface area contributed by atoms with E-state index in [4.69, 9.17) is 9.47 Å². The van der Waals surface area contributed by atoms with Gasteiger partial charge < -0.3 is 9.47 Å². The quantitative estimate of drug-likeness (QED) is 0.801. The number of nitrogens with zero attached hydrogens (tertiary/aromatic N) is 1. The van der Waals surface area contributed by atoms with Crippen LogP contribution in [-0.4, -0.2) is 31.8 Å². The molecule has 1 aliphatic carbocycles. The average molecular weight is 323 g/mol. The van der Waals surface area contributed by atoms with Crippen molar-refractivity contribution in [1.82, 2.24) is 0 Å². The van der Waals surface area contributed by atoms with Gasteiger partial charge >= 0.3 is 0 Å². The molecule has 0 unspecified atom stereocenters. The Labute approximate surface area is 141 Å². The number of ether oxygens (including phenoxy) is 2. The van der Waals surface area contributed by atoms with Gasteiger partial charge in [0.25, 0.3) is 0 Å². The highest BCUT2D eigenvalue weighted by Crippen LogP contribution is 2.35. The van der Waals surface area contributed by atoms with Crippen LogP contribution in [0.3, 0.4) is 0 Å². The summed E-state index contributed by atoms with van der Waals surface area (Å²) in [5.41, 5.74) is 5.23. The van der Waals surface area contributed by atoms with Crippen LogP contribution in [0.15, 0.2) is 41.0 Å². The molecule has 4 nitrogen and oxygen atoms in total. The van der Waals surface area contributed by atoms with Crippen LogP contribution in [0.4, 0.5) is 0 Å². The Hall–Kier alpha value is -2.20. The third-order valence-electron chi connectivity index (χ3n) is 5.06. The summed E-state index contributed by atoms with van der Waals surface area (Å²) in [6.45, 7) is 1.65. The SMILES string of the molecule is COc1ccc2c(c1)/C(=C/C1=CN=C(C3CCOCC3)C1)C(=O)C2. The minimum absolute atomic E-state index is 0.179. The molecule has 1 aromatic rings. The fourth-order valence-electron chi connectivity index (χ4n) is 3.68. The van der Waals surface area contributed by atoms with E-state index in [0.717, 1.165) is 60.5 Å². The average Bonchev–Trinajstić information content (AvgIpc) is 3.21. The number of aliphatic imine (C=N–C) groups is 1. The van der Waals surface area contributed by atoms with Crippen molar-refractivity contribution >= 4 is 17.1 Å². The number of hydrogen-bond acceptors (Lipinski definition) is 4. The van der Waals surface area contributed by atoms with E-state index >= 15 is 0 Å². The lowest BCUT2D eigenvalue weighted by molar-refractivity contribution is -0.112. The van der Waals surface area contributed by atoms with Crippen molar-refractivity contribution in [3.05, 3.63) is 47.2 Å². The minimum atomic E-state index is 0.179. The standard InChI is InChI=1S/C20H21NO3/c1-23-16-3-2-15-10-20(22)18(17(15)11-16)8-13-9-19(21-12-13)14-4-6-24-7-5-14/h2-3,8,11-12,14H,4-7,9-10H2,1H3/b18-8-. The van der Waals surface area contributed by atoms with Crippen LogP contribution < -0.4 is 4.74 Å². The molecule has 0 bridgehead atoms. The number of allylic oxidation sites excluding steroid dienone is 3. The highest BCUT2D eigenvalue weighted by molar-refractivity contribution is 6.26. The van der Waals surface area contributed by atoms with E-state index in [-0.39, 0.29) is 5.78 Å². The van der Waals surface area contributed by atoms with Crippen LogP contribution in [0.5, 0.6) is 5.75 Å². The van der Waals surface area contributed by atoms with Gasteiger partial charge in [-0.25, -0.2) is 0 Å². The number of benzene rings is 1. The molecule has 124 valence electrons. The number of ketones is 1. The molecule has 2 heterocycles. The molecule has 0 aromatic heterocycles. The van der Waals surface area contributed by atoms with Crippen molar-refractivity contribution in [2.75, 3.05) is 20.3 Å². The number of carbonyl (C=O) groups is 1. The second-order valence-corrected chi connectivity index (χ2v) is 6.57. The van der Waals surface area contributed by atoms with E-state index in [9.17, 15) is 4.79 Å². The van der Waals surface area contributed by atoms with Crippen molar-refractivity contribution in [2.24, 2.45) is 10.9 Å². The summed E-state index contributed by atoms with van der Waals surface area (Å²) in [6, 6.07) is 5.86. The lowest BCUT2D eigenvalue weighted by Gasteiger charge is -2.22. The van der Waals surface area contributed by atoms with Crippen molar-refractivity contribution in [1.29, 1.82) is 0 Å². The first-order chi connectivity index (χ1) is 11.7. The first-order valence-electron chi connectivity index (χ1n) is 8.50. The zero-order valence-electron chi connectivity index (χ0n) is 13.9. The molecule has 2 aliphatic heterocycles. The summed E-state index contributed by atoms with van der Waals surface area (Å²) < 4.78 is 10.7. The lowest BCUT2D eigenvalue weighted by atomic mass is 9.91. The highest BCUT2D eigenvalue weighted by Gasteiger charge is 2.27. The molecular weight excluding hydrogens is 302 g/mol. The van der Waals surface area contributed by atoms with Crippen LogP contribution in [-0.2, 0) is 16.0 Å². The summed E-state index contributed by atoms with van der Waals surface area (Å²) >= 11 is 0. The third kappa shape index (κ3) is 2.82. The van der Waals surface area contributed by atoms with E-state index in [2.05, 4.69) is 4.99 Å². The molecule has 1 saturated heterocycles. The van der Waals surface area contributed by atoms with Gasteiger partial charge in [0.05, 0.1) is 7.11 Å². The summed E-state index contributed by atoms with van der Waals surface area (Å²) in [5, 5.41) is 0. The van der Waals surface area contributed by atoms with Crippen LogP contribution in [0.25, 0.3) is 5.57 Å². The summed E-state index contributed by atoms with van der Waals surface area (Å²) in [7, 11) is 1.65. The van der Waals surface area contributed by atoms with E-state index in [0.29, 0.717) is 12.3 Å². The number of rotatable bonds is 3. The topological polar surface area (TPSA) is 47.9 Å². The second kappa shape index (κ2) is 6.36. The van der Waals surface area contributed by atoms with Gasteiger partial charge in [-0.05, 0) is 47.8 Å². The highest BCUT2D eigenvalue weighted by atomic mass is 16.5. The maximum absolute atomic E-state index is 12.4. The Morgan fingerprint density at radius 3 is 2.88 bits per heavy atom. The molecule has 4 rings (SSSR count). The van der Waals surface area contributed by atoms with E-state index in [1.165, 1.54) is 5.71 Å². The van der Waals surface area contributed by atoms with Gasteiger partial charge in [0.1, 0.15) is 5.75 Å². The Bertz CT molecular complexity index is 767. The normalized spacial score (nSPS) is 22.5. The number of carbonyl (C=O) groups excluding carboxylic acids is 1. The minimum Gasteiger partial charge on any atom is -0.497 e. The van der Waals surface area contributed by atoms with Crippen LogP contribution in [0.1, 0.15) is 30.4 Å². The van der Waals surface area contributed by atoms with Gasteiger partial charge in [0, 0.05) is 49.5 Å². The van der Waals surface area contributed by atoms with E-state index < -0.39 is 0 Å². The maximum atomic E-state index is 12.4. The van der Waals surface area contributed by atoms with Gasteiger partial charge in [-0.1, -0.05) is 6.07 Å². The van der Waals surface area contributed by atoms with Gasteiger partial charge in [0.2, 0.25) is 0 Å². The van der Waals surface area contributed by atoms with Gasteiger partial charge in [-0.15, -0.1) is 0 Å². The van der Waals surface area contributed by atoms with E-state index in [1.54, 1.807) is 7.11 Å². The molecule has 1 aromatic carbocycles. The van der Waals surface area contributed by atoms with Crippen molar-refractivity contribution in [2.45, 2.75) is 25.7 Å². The maximum Gasteiger partial charge on any atom is 0.167 e. The molecule has 24 heavy (non-hydrogen) atoms. The molecule has 0 N–H and O–H groups in total. The predicted octanol–water partition coefficient (Wildman–Crippen LogP) is 3.36. The Morgan fingerprint density at radius 2 is 2.08 bits per heavy atom. The molecule has 0 atom stereocenters. The molecule has 4 heteroatoms. The van der Waals surface area contributed by atoms with Crippen molar-refractivity contribution in [3.8, 4) is 5.75 Å². The Morgan fingerprint density at radius 1 is 1.25 bits per heavy atom. The molecule has 0 radical (unpaired) electrons. The first-order valence-corrected chi connectivity index (χ1v) is 8.50. The predicted molar refractivity (Wildman–Crippen MR) is 93.4 cm³/mol. The zero-order chi connectivity index (χ0) is 16.5. The first kappa shape index (κ1) is 15.3. The number of hydrogen-bond donors (Lipinski definition) is 0. The van der Waals surface area contributed by atoms with E-state index in [1.807, 2.05) is 30.5 Å².